The Kier molecular flexibility index (Phi) is 4.93. The van der Waals surface area contributed by atoms with Crippen LogP contribution in [0.25, 0.3) is 0 Å². The van der Waals surface area contributed by atoms with Crippen molar-refractivity contribution in [3.63, 3.8) is 0 Å². The van der Waals surface area contributed by atoms with E-state index in [0.29, 0.717) is 0 Å². The van der Waals surface area contributed by atoms with Gasteiger partial charge in [0, 0.05) is 5.69 Å². The average Bonchev–Trinajstić information content (AvgIpc) is 3.17. The van der Waals surface area contributed by atoms with Crippen LogP contribution < -0.4 is 10.2 Å². The van der Waals surface area contributed by atoms with Gasteiger partial charge in [0.05, 0.1) is 15.7 Å². The van der Waals surface area contributed by atoms with Crippen molar-refractivity contribution in [1.29, 1.82) is 0 Å². The smallest absolute Gasteiger partial charge is 0.263 e. The molecule has 29 heavy (non-hydrogen) atoms. The summed E-state index contributed by atoms with van der Waals surface area (Å²) >= 11 is 12.3. The molecule has 0 aromatic heterocycles. The van der Waals surface area contributed by atoms with Crippen LogP contribution >= 0.6 is 23.2 Å². The van der Waals surface area contributed by atoms with Gasteiger partial charge >= 0.3 is 0 Å². The molecule has 2 heterocycles. The number of anilines is 2. The number of rotatable bonds is 4. The monoisotopic (exact) mass is 435 g/mol. The normalized spacial score (nSPS) is 20.4. The van der Waals surface area contributed by atoms with Gasteiger partial charge in [0.25, 0.3) is 11.8 Å². The Bertz CT molecular complexity index is 1040. The number of amides is 3. The van der Waals surface area contributed by atoms with Crippen molar-refractivity contribution in [2.45, 2.75) is 12.1 Å². The van der Waals surface area contributed by atoms with Gasteiger partial charge in [0.2, 0.25) is 5.91 Å². The zero-order chi connectivity index (χ0) is 20.7. The van der Waals surface area contributed by atoms with Crippen molar-refractivity contribution < 1.29 is 18.8 Å². The minimum atomic E-state index is -1.10. The highest BCUT2D eigenvalue weighted by molar-refractivity contribution is 6.42. The first-order valence-corrected chi connectivity index (χ1v) is 9.17. The van der Waals surface area contributed by atoms with Gasteiger partial charge in [-0.05, 0) is 30.3 Å². The van der Waals surface area contributed by atoms with Crippen LogP contribution in [-0.4, -0.2) is 41.4 Å². The fraction of sp³-hybridized carbons (Fsp3) is 0.167. The molecule has 1 fully saturated rings. The quantitative estimate of drug-likeness (QED) is 0.746. The molecule has 8 nitrogen and oxygen atoms in total. The van der Waals surface area contributed by atoms with E-state index in [2.05, 4.69) is 15.7 Å². The van der Waals surface area contributed by atoms with Crippen LogP contribution in [0.15, 0.2) is 52.8 Å². The van der Waals surface area contributed by atoms with Crippen LogP contribution in [0.4, 0.5) is 15.8 Å². The number of benzene rings is 2. The molecule has 4 rings (SSSR count). The highest BCUT2D eigenvalue weighted by Gasteiger charge is 2.55. The lowest BCUT2D eigenvalue weighted by Gasteiger charge is -2.21. The minimum absolute atomic E-state index is 0.0691. The summed E-state index contributed by atoms with van der Waals surface area (Å²) in [4.78, 5) is 38.8. The molecule has 148 valence electrons. The zero-order valence-electron chi connectivity index (χ0n) is 14.6. The Hall–Kier alpha value is -3.04. The predicted octanol–water partition coefficient (Wildman–Crippen LogP) is 3.06. The summed E-state index contributed by atoms with van der Waals surface area (Å²) < 4.78 is 13.3. The van der Waals surface area contributed by atoms with Crippen LogP contribution in [0.2, 0.25) is 10.0 Å². The van der Waals surface area contributed by atoms with Gasteiger partial charge in [-0.2, -0.15) is 5.11 Å². The molecule has 2 aromatic carbocycles. The standard InChI is InChI=1S/C18H12Cl2FN5O3/c19-11-5-2-6-12(20)15(11)26-17(28)14-16(18(26)29)25(24-23-14)8-13(27)22-10-4-1-3-9(21)7-10/h1-7,14,16H,8H2,(H,22,27)/t14-,16-/m0/s1. The summed E-state index contributed by atoms with van der Waals surface area (Å²) in [7, 11) is 0. The van der Waals surface area contributed by atoms with Gasteiger partial charge in [0.15, 0.2) is 12.1 Å². The van der Waals surface area contributed by atoms with Crippen LogP contribution in [0.3, 0.4) is 0 Å². The second kappa shape index (κ2) is 7.41. The molecule has 3 amide bonds. The van der Waals surface area contributed by atoms with E-state index in [9.17, 15) is 18.8 Å². The molecule has 1 N–H and O–H groups in total. The van der Waals surface area contributed by atoms with E-state index in [4.69, 9.17) is 23.2 Å². The maximum atomic E-state index is 13.3. The first-order valence-electron chi connectivity index (χ1n) is 8.41. The summed E-state index contributed by atoms with van der Waals surface area (Å²) in [6, 6.07) is 7.75. The minimum Gasteiger partial charge on any atom is -0.324 e. The lowest BCUT2D eigenvalue weighted by Crippen LogP contribution is -2.43. The van der Waals surface area contributed by atoms with E-state index in [-0.39, 0.29) is 28.0 Å². The highest BCUT2D eigenvalue weighted by atomic mass is 35.5. The zero-order valence-corrected chi connectivity index (χ0v) is 16.1. The summed E-state index contributed by atoms with van der Waals surface area (Å²) in [5.74, 6) is -2.33. The average molecular weight is 436 g/mol. The number of nitrogens with one attached hydrogen (secondary N) is 1. The number of para-hydroxylation sites is 1. The van der Waals surface area contributed by atoms with E-state index in [1.807, 2.05) is 0 Å². The third-order valence-corrected chi connectivity index (χ3v) is 5.04. The van der Waals surface area contributed by atoms with Gasteiger partial charge in [-0.25, -0.2) is 9.29 Å². The van der Waals surface area contributed by atoms with Crippen molar-refractivity contribution >= 4 is 52.3 Å². The number of hydrogen-bond acceptors (Lipinski definition) is 6. The summed E-state index contributed by atoms with van der Waals surface area (Å²) in [5, 5.41) is 11.5. The Balaban J connectivity index is 1.53. The highest BCUT2D eigenvalue weighted by Crippen LogP contribution is 2.39. The fourth-order valence-electron chi connectivity index (χ4n) is 3.19. The van der Waals surface area contributed by atoms with Gasteiger partial charge < -0.3 is 5.32 Å². The van der Waals surface area contributed by atoms with E-state index in [1.165, 1.54) is 30.3 Å². The molecule has 2 atom stereocenters. The first-order chi connectivity index (χ1) is 13.9. The lowest BCUT2D eigenvalue weighted by molar-refractivity contribution is -0.123. The SMILES string of the molecule is O=C(CN1N=N[C@@H]2C(=O)N(c3c(Cl)cccc3Cl)C(=O)[C@H]21)Nc1cccc(F)c1. The summed E-state index contributed by atoms with van der Waals surface area (Å²) in [6.45, 7) is -0.357. The third-order valence-electron chi connectivity index (χ3n) is 4.43. The topological polar surface area (TPSA) is 94.4 Å². The van der Waals surface area contributed by atoms with Gasteiger partial charge in [-0.15, -0.1) is 0 Å². The van der Waals surface area contributed by atoms with Crippen molar-refractivity contribution in [1.82, 2.24) is 5.01 Å². The molecule has 0 aliphatic carbocycles. The van der Waals surface area contributed by atoms with Crippen LogP contribution in [0.1, 0.15) is 0 Å². The van der Waals surface area contributed by atoms with Gasteiger partial charge in [-0.1, -0.05) is 40.6 Å². The lowest BCUT2D eigenvalue weighted by atomic mass is 10.1. The number of carbonyl (C=O) groups is 3. The van der Waals surface area contributed by atoms with E-state index >= 15 is 0 Å². The summed E-state index contributed by atoms with van der Waals surface area (Å²) in [5.41, 5.74) is 0.320. The second-order valence-electron chi connectivity index (χ2n) is 6.33. The molecule has 0 bridgehead atoms. The number of fused-ring (bicyclic) bond motifs is 1. The maximum absolute atomic E-state index is 13.3. The van der Waals surface area contributed by atoms with Crippen LogP contribution in [0.5, 0.6) is 0 Å². The van der Waals surface area contributed by atoms with Gasteiger partial charge in [-0.3, -0.25) is 19.4 Å². The van der Waals surface area contributed by atoms with E-state index < -0.39 is 35.6 Å². The van der Waals surface area contributed by atoms with Crippen LogP contribution in [0, 0.1) is 5.82 Å². The Morgan fingerprint density at radius 3 is 2.48 bits per heavy atom. The predicted molar refractivity (Wildman–Crippen MR) is 103 cm³/mol. The number of carbonyl (C=O) groups excluding carboxylic acids is 3. The Morgan fingerprint density at radius 1 is 1.10 bits per heavy atom. The molecule has 2 aliphatic heterocycles. The van der Waals surface area contributed by atoms with Crippen molar-refractivity contribution in [3.8, 4) is 0 Å². The third kappa shape index (κ3) is 3.43. The van der Waals surface area contributed by atoms with E-state index in [1.54, 1.807) is 6.07 Å². The van der Waals surface area contributed by atoms with Crippen molar-refractivity contribution in [2.75, 3.05) is 16.8 Å². The Morgan fingerprint density at radius 2 is 1.79 bits per heavy atom. The number of nitrogens with zero attached hydrogens (tertiary/aromatic N) is 4. The molecular formula is C18H12Cl2FN5O3. The number of imide groups is 1. The first kappa shape index (κ1) is 19.3. The molecule has 0 unspecified atom stereocenters. The van der Waals surface area contributed by atoms with Crippen molar-refractivity contribution in [3.05, 3.63) is 58.3 Å². The summed E-state index contributed by atoms with van der Waals surface area (Å²) in [6.07, 6.45) is 0. The molecule has 2 aliphatic rings. The Labute approximate surface area is 173 Å². The molecule has 0 spiro atoms. The molecule has 0 saturated carbocycles. The molecular weight excluding hydrogens is 424 g/mol. The number of hydrogen-bond donors (Lipinski definition) is 1. The van der Waals surface area contributed by atoms with Crippen LogP contribution in [-0.2, 0) is 14.4 Å². The second-order valence-corrected chi connectivity index (χ2v) is 7.15. The molecule has 1 saturated heterocycles. The van der Waals surface area contributed by atoms with Gasteiger partial charge in [0.1, 0.15) is 12.4 Å². The fourth-order valence-corrected chi connectivity index (χ4v) is 3.76. The maximum Gasteiger partial charge on any atom is 0.263 e. The largest absolute Gasteiger partial charge is 0.324 e. The molecule has 2 aromatic rings. The molecule has 0 radical (unpaired) electrons. The van der Waals surface area contributed by atoms with E-state index in [0.717, 1.165) is 16.0 Å². The number of halogens is 3. The molecule has 11 heteroatoms. The van der Waals surface area contributed by atoms with Crippen molar-refractivity contribution in [2.24, 2.45) is 10.3 Å².